The van der Waals surface area contributed by atoms with Crippen molar-refractivity contribution in [1.29, 1.82) is 0 Å². The predicted molar refractivity (Wildman–Crippen MR) is 67.8 cm³/mol. The van der Waals surface area contributed by atoms with Crippen LogP contribution in [0.25, 0.3) is 0 Å². The molecule has 4 nitrogen and oxygen atoms in total. The zero-order valence-electron chi connectivity index (χ0n) is 10.3. The first-order chi connectivity index (χ1) is 8.43. The summed E-state index contributed by atoms with van der Waals surface area (Å²) in [6.45, 7) is 2.14. The highest BCUT2D eigenvalue weighted by Gasteiger charge is 2.20. The fraction of sp³-hybridized carbons (Fsp3) is 0.333. The van der Waals surface area contributed by atoms with Crippen LogP contribution in [0.2, 0.25) is 0 Å². The molecule has 1 aromatic carbocycles. The van der Waals surface area contributed by atoms with E-state index >= 15 is 0 Å². The Bertz CT molecular complexity index is 588. The lowest BCUT2D eigenvalue weighted by molar-refractivity contribution is 0.485. The molecule has 0 bridgehead atoms. The van der Waals surface area contributed by atoms with Crippen LogP contribution in [-0.4, -0.2) is 32.9 Å². The lowest BCUT2D eigenvalue weighted by Crippen LogP contribution is -2.26. The number of nitrogens with zero attached hydrogens (tertiary/aromatic N) is 1. The average Bonchev–Trinajstić information content (AvgIpc) is 2.36. The van der Waals surface area contributed by atoms with Gasteiger partial charge in [0, 0.05) is 13.6 Å². The zero-order valence-corrected chi connectivity index (χ0v) is 11.1. The number of hydrogen-bond acceptors (Lipinski definition) is 3. The molecule has 0 radical (unpaired) electrons. The summed E-state index contributed by atoms with van der Waals surface area (Å²) in [5.41, 5.74) is 5.32. The number of hydrogen-bond donors (Lipinski definition) is 1. The summed E-state index contributed by atoms with van der Waals surface area (Å²) in [7, 11) is -2.19. The second-order valence-electron chi connectivity index (χ2n) is 3.57. The van der Waals surface area contributed by atoms with E-state index < -0.39 is 15.8 Å². The van der Waals surface area contributed by atoms with Gasteiger partial charge in [-0.3, -0.25) is 0 Å². The number of benzene rings is 1. The summed E-state index contributed by atoms with van der Waals surface area (Å²) in [5, 5.41) is 0. The van der Waals surface area contributed by atoms with Gasteiger partial charge in [0.25, 0.3) is 0 Å². The molecule has 18 heavy (non-hydrogen) atoms. The first-order valence-corrected chi connectivity index (χ1v) is 6.82. The molecule has 0 aliphatic rings. The van der Waals surface area contributed by atoms with E-state index in [1.807, 2.05) is 0 Å². The number of nitrogens with two attached hydrogens (primary N) is 1. The Morgan fingerprint density at radius 2 is 2.11 bits per heavy atom. The third kappa shape index (κ3) is 3.07. The Balaban J connectivity index is 3.20. The van der Waals surface area contributed by atoms with Gasteiger partial charge in [0.05, 0.1) is 17.0 Å². The molecule has 0 saturated carbocycles. The van der Waals surface area contributed by atoms with E-state index in [4.69, 9.17) is 5.73 Å². The van der Waals surface area contributed by atoms with Gasteiger partial charge in [0.15, 0.2) is 0 Å². The second-order valence-corrected chi connectivity index (χ2v) is 5.61. The van der Waals surface area contributed by atoms with Crippen LogP contribution in [0.3, 0.4) is 0 Å². The summed E-state index contributed by atoms with van der Waals surface area (Å²) in [5.74, 6) is 4.39. The van der Waals surface area contributed by atoms with Crippen molar-refractivity contribution in [3.05, 3.63) is 29.6 Å². The van der Waals surface area contributed by atoms with E-state index in [0.29, 0.717) is 6.54 Å². The molecular formula is C12H15FN2O2S. The molecular weight excluding hydrogens is 255 g/mol. The van der Waals surface area contributed by atoms with Crippen molar-refractivity contribution in [3.8, 4) is 11.8 Å². The maximum atomic E-state index is 13.6. The van der Waals surface area contributed by atoms with E-state index in [2.05, 4.69) is 11.8 Å². The molecule has 1 rings (SSSR count). The molecule has 0 unspecified atom stereocenters. The van der Waals surface area contributed by atoms with Crippen LogP contribution < -0.4 is 5.73 Å². The molecule has 0 saturated heterocycles. The molecule has 98 valence electrons. The van der Waals surface area contributed by atoms with Crippen LogP contribution in [0.15, 0.2) is 23.1 Å². The summed E-state index contributed by atoms with van der Waals surface area (Å²) in [6.07, 6.45) is 0. The van der Waals surface area contributed by atoms with Crippen molar-refractivity contribution in [2.24, 2.45) is 5.73 Å². The number of halogens is 1. The van der Waals surface area contributed by atoms with Crippen molar-refractivity contribution in [2.45, 2.75) is 11.8 Å². The average molecular weight is 270 g/mol. The Hall–Kier alpha value is -1.42. The van der Waals surface area contributed by atoms with Gasteiger partial charge in [-0.2, -0.15) is 0 Å². The molecule has 6 heteroatoms. The van der Waals surface area contributed by atoms with Gasteiger partial charge < -0.3 is 5.73 Å². The van der Waals surface area contributed by atoms with Crippen LogP contribution in [0, 0.1) is 17.7 Å². The van der Waals surface area contributed by atoms with E-state index in [0.717, 1.165) is 10.4 Å². The number of rotatable bonds is 3. The third-order valence-corrected chi connectivity index (χ3v) is 4.35. The van der Waals surface area contributed by atoms with Crippen LogP contribution in [-0.2, 0) is 10.0 Å². The molecule has 1 aromatic rings. The van der Waals surface area contributed by atoms with Gasteiger partial charge in [0.1, 0.15) is 5.82 Å². The maximum absolute atomic E-state index is 13.6. The largest absolute Gasteiger partial charge is 0.320 e. The third-order valence-electron chi connectivity index (χ3n) is 2.42. The van der Waals surface area contributed by atoms with Crippen molar-refractivity contribution in [1.82, 2.24) is 4.31 Å². The van der Waals surface area contributed by atoms with E-state index in [1.54, 1.807) is 6.92 Å². The molecule has 0 amide bonds. The fourth-order valence-electron chi connectivity index (χ4n) is 1.25. The highest BCUT2D eigenvalue weighted by Crippen LogP contribution is 2.17. The molecule has 0 aromatic heterocycles. The minimum atomic E-state index is -3.63. The summed E-state index contributed by atoms with van der Waals surface area (Å²) < 4.78 is 38.7. The fourth-order valence-corrected chi connectivity index (χ4v) is 2.45. The van der Waals surface area contributed by atoms with Crippen LogP contribution in [0.5, 0.6) is 0 Å². The van der Waals surface area contributed by atoms with Crippen LogP contribution in [0.1, 0.15) is 12.5 Å². The van der Waals surface area contributed by atoms with E-state index in [-0.39, 0.29) is 17.0 Å². The van der Waals surface area contributed by atoms with Gasteiger partial charge in [-0.15, -0.1) is 0 Å². The SMILES string of the molecule is CCN(C)S(=O)(=O)c1ccc(C#CCN)c(F)c1. The highest BCUT2D eigenvalue weighted by atomic mass is 32.2. The van der Waals surface area contributed by atoms with Crippen LogP contribution in [0.4, 0.5) is 4.39 Å². The predicted octanol–water partition coefficient (Wildman–Crippen LogP) is 0.776. The van der Waals surface area contributed by atoms with Gasteiger partial charge >= 0.3 is 0 Å². The normalized spacial score (nSPS) is 11.2. The molecule has 0 fully saturated rings. The first kappa shape index (κ1) is 14.6. The van der Waals surface area contributed by atoms with Crippen molar-refractivity contribution in [2.75, 3.05) is 20.1 Å². The van der Waals surface area contributed by atoms with E-state index in [1.165, 1.54) is 19.2 Å². The minimum absolute atomic E-state index is 0.0809. The number of sulfonamides is 1. The van der Waals surface area contributed by atoms with Crippen molar-refractivity contribution >= 4 is 10.0 Å². The maximum Gasteiger partial charge on any atom is 0.242 e. The Morgan fingerprint density at radius 1 is 1.44 bits per heavy atom. The monoisotopic (exact) mass is 270 g/mol. The summed E-state index contributed by atoms with van der Waals surface area (Å²) >= 11 is 0. The quantitative estimate of drug-likeness (QED) is 0.825. The second kappa shape index (κ2) is 5.96. The molecule has 0 spiro atoms. The Labute approximate surface area is 107 Å². The molecule has 0 heterocycles. The lowest BCUT2D eigenvalue weighted by atomic mass is 10.2. The zero-order chi connectivity index (χ0) is 13.8. The highest BCUT2D eigenvalue weighted by molar-refractivity contribution is 7.89. The summed E-state index contributed by atoms with van der Waals surface area (Å²) in [6, 6.07) is 3.65. The van der Waals surface area contributed by atoms with Gasteiger partial charge in [0.2, 0.25) is 10.0 Å². The standard InChI is InChI=1S/C12H15FN2O2S/c1-3-15(2)18(16,17)11-7-6-10(5-4-8-14)12(13)9-11/h6-7,9H,3,8,14H2,1-2H3. The topological polar surface area (TPSA) is 63.4 Å². The van der Waals surface area contributed by atoms with Gasteiger partial charge in [-0.05, 0) is 18.2 Å². The smallest absolute Gasteiger partial charge is 0.242 e. The molecule has 0 aliphatic carbocycles. The molecule has 0 atom stereocenters. The van der Waals surface area contributed by atoms with Crippen molar-refractivity contribution in [3.63, 3.8) is 0 Å². The molecule has 0 aliphatic heterocycles. The van der Waals surface area contributed by atoms with Crippen LogP contribution >= 0.6 is 0 Å². The Kier molecular flexibility index (Phi) is 4.84. The summed E-state index contributed by atoms with van der Waals surface area (Å²) in [4.78, 5) is -0.0809. The first-order valence-electron chi connectivity index (χ1n) is 5.38. The minimum Gasteiger partial charge on any atom is -0.320 e. The Morgan fingerprint density at radius 3 is 2.61 bits per heavy atom. The van der Waals surface area contributed by atoms with Gasteiger partial charge in [-0.1, -0.05) is 18.8 Å². The molecule has 2 N–H and O–H groups in total. The lowest BCUT2D eigenvalue weighted by Gasteiger charge is -2.14. The van der Waals surface area contributed by atoms with Crippen molar-refractivity contribution < 1.29 is 12.8 Å². The van der Waals surface area contributed by atoms with Gasteiger partial charge in [-0.25, -0.2) is 17.1 Å². The van der Waals surface area contributed by atoms with E-state index in [9.17, 15) is 12.8 Å².